The molecule has 0 aliphatic heterocycles. The molecule has 1 heterocycles. The Morgan fingerprint density at radius 3 is 2.50 bits per heavy atom. The van der Waals surface area contributed by atoms with Crippen LogP contribution >= 0.6 is 0 Å². The average molecular weight is 330 g/mol. The second-order valence-electron chi connectivity index (χ2n) is 5.78. The molecular formula is C18H22N2O4. The highest BCUT2D eigenvalue weighted by molar-refractivity contribution is 5.93. The number of amides is 1. The molecule has 0 spiro atoms. The summed E-state index contributed by atoms with van der Waals surface area (Å²) in [4.78, 5) is 26.3. The van der Waals surface area contributed by atoms with Gasteiger partial charge in [-0.05, 0) is 44.0 Å². The van der Waals surface area contributed by atoms with Crippen molar-refractivity contribution >= 4 is 5.91 Å². The fourth-order valence-corrected chi connectivity index (χ4v) is 2.32. The zero-order chi connectivity index (χ0) is 17.7. The number of nitrogens with one attached hydrogen (secondary N) is 2. The number of pyridine rings is 1. The van der Waals surface area contributed by atoms with Crippen LogP contribution in [-0.2, 0) is 0 Å². The fraction of sp³-hybridized carbons (Fsp3) is 0.333. The van der Waals surface area contributed by atoms with Crippen molar-refractivity contribution in [1.29, 1.82) is 0 Å². The first-order chi connectivity index (χ1) is 11.4. The van der Waals surface area contributed by atoms with Crippen LogP contribution in [0.4, 0.5) is 0 Å². The molecule has 6 heteroatoms. The molecule has 1 aromatic heterocycles. The number of aliphatic hydroxyl groups is 1. The molecule has 0 fully saturated rings. The minimum atomic E-state index is -0.877. The van der Waals surface area contributed by atoms with Crippen LogP contribution in [-0.4, -0.2) is 35.3 Å². The standard InChI is InChI=1S/C18H22N2O4/c1-11-5-4-6-12(2)16(11)24-10-14(21)9-19-17(22)15-8-7-13(3)20-18(15)23/h4-8,14,21H,9-10H2,1-3H3,(H,19,22)(H,20,23)/t14-/m0/s1. The van der Waals surface area contributed by atoms with E-state index in [-0.39, 0.29) is 18.7 Å². The number of para-hydroxylation sites is 1. The van der Waals surface area contributed by atoms with Gasteiger partial charge in [0.05, 0.1) is 0 Å². The second-order valence-corrected chi connectivity index (χ2v) is 5.78. The highest BCUT2D eigenvalue weighted by Gasteiger charge is 2.13. The molecule has 128 valence electrons. The predicted octanol–water partition coefficient (Wildman–Crippen LogP) is 1.47. The number of H-pyrrole nitrogens is 1. The quantitative estimate of drug-likeness (QED) is 0.748. The maximum Gasteiger partial charge on any atom is 0.260 e. The lowest BCUT2D eigenvalue weighted by Crippen LogP contribution is -2.37. The lowest BCUT2D eigenvalue weighted by atomic mass is 10.1. The minimum absolute atomic E-state index is 0.00290. The number of aryl methyl sites for hydroxylation is 3. The van der Waals surface area contributed by atoms with Crippen molar-refractivity contribution in [2.75, 3.05) is 13.2 Å². The van der Waals surface area contributed by atoms with Crippen molar-refractivity contribution in [2.24, 2.45) is 0 Å². The SMILES string of the molecule is Cc1ccc(C(=O)NC[C@H](O)COc2c(C)cccc2C)c(=O)[nH]1. The Kier molecular flexibility index (Phi) is 5.76. The third-order valence-electron chi connectivity index (χ3n) is 3.63. The maximum atomic E-state index is 12.0. The van der Waals surface area contributed by atoms with Gasteiger partial charge in [-0.25, -0.2) is 0 Å². The van der Waals surface area contributed by atoms with Gasteiger partial charge in [-0.2, -0.15) is 0 Å². The van der Waals surface area contributed by atoms with E-state index in [2.05, 4.69) is 10.3 Å². The third-order valence-corrected chi connectivity index (χ3v) is 3.63. The zero-order valence-electron chi connectivity index (χ0n) is 14.1. The number of hydrogen-bond acceptors (Lipinski definition) is 4. The Hall–Kier alpha value is -2.60. The molecular weight excluding hydrogens is 308 g/mol. The van der Waals surface area contributed by atoms with Crippen molar-refractivity contribution in [3.8, 4) is 5.75 Å². The van der Waals surface area contributed by atoms with Crippen LogP contribution in [0.1, 0.15) is 27.2 Å². The molecule has 1 aromatic carbocycles. The van der Waals surface area contributed by atoms with Gasteiger partial charge in [-0.15, -0.1) is 0 Å². The molecule has 0 saturated heterocycles. The number of carbonyl (C=O) groups excluding carboxylic acids is 1. The molecule has 2 rings (SSSR count). The van der Waals surface area contributed by atoms with E-state index in [0.29, 0.717) is 5.69 Å². The molecule has 0 unspecified atom stereocenters. The number of ether oxygens (including phenoxy) is 1. The van der Waals surface area contributed by atoms with Gasteiger partial charge in [0, 0.05) is 12.2 Å². The number of benzene rings is 1. The minimum Gasteiger partial charge on any atom is -0.490 e. The van der Waals surface area contributed by atoms with Crippen LogP contribution in [0.15, 0.2) is 35.1 Å². The number of rotatable bonds is 6. The summed E-state index contributed by atoms with van der Waals surface area (Å²) in [5.74, 6) is 0.209. The summed E-state index contributed by atoms with van der Waals surface area (Å²) in [6.07, 6.45) is -0.877. The van der Waals surface area contributed by atoms with Crippen LogP contribution in [0.25, 0.3) is 0 Å². The first-order valence-corrected chi connectivity index (χ1v) is 7.73. The predicted molar refractivity (Wildman–Crippen MR) is 91.6 cm³/mol. The monoisotopic (exact) mass is 330 g/mol. The molecule has 6 nitrogen and oxygen atoms in total. The van der Waals surface area contributed by atoms with Crippen molar-refractivity contribution < 1.29 is 14.6 Å². The van der Waals surface area contributed by atoms with Crippen molar-refractivity contribution in [3.63, 3.8) is 0 Å². The molecule has 0 bridgehead atoms. The van der Waals surface area contributed by atoms with Crippen LogP contribution < -0.4 is 15.6 Å². The number of carbonyl (C=O) groups is 1. The Bertz CT molecular complexity index is 763. The lowest BCUT2D eigenvalue weighted by Gasteiger charge is -2.16. The van der Waals surface area contributed by atoms with Gasteiger partial charge in [0.15, 0.2) is 0 Å². The van der Waals surface area contributed by atoms with E-state index in [1.165, 1.54) is 6.07 Å². The average Bonchev–Trinajstić information content (AvgIpc) is 2.52. The number of aromatic amines is 1. The van der Waals surface area contributed by atoms with Gasteiger partial charge >= 0.3 is 0 Å². The highest BCUT2D eigenvalue weighted by atomic mass is 16.5. The maximum absolute atomic E-state index is 12.0. The summed E-state index contributed by atoms with van der Waals surface area (Å²) in [7, 11) is 0. The summed E-state index contributed by atoms with van der Waals surface area (Å²) in [6, 6.07) is 8.91. The van der Waals surface area contributed by atoms with Crippen LogP contribution in [0.5, 0.6) is 5.75 Å². The van der Waals surface area contributed by atoms with Gasteiger partial charge < -0.3 is 20.1 Å². The molecule has 1 amide bonds. The summed E-state index contributed by atoms with van der Waals surface area (Å²) in [6.45, 7) is 5.64. The van der Waals surface area contributed by atoms with Gasteiger partial charge in [-0.3, -0.25) is 9.59 Å². The number of aromatic nitrogens is 1. The van der Waals surface area contributed by atoms with E-state index >= 15 is 0 Å². The van der Waals surface area contributed by atoms with Crippen LogP contribution in [0.2, 0.25) is 0 Å². The van der Waals surface area contributed by atoms with E-state index < -0.39 is 17.6 Å². The van der Waals surface area contributed by atoms with Gasteiger partial charge in [0.1, 0.15) is 24.0 Å². The second kappa shape index (κ2) is 7.79. The van der Waals surface area contributed by atoms with Crippen molar-refractivity contribution in [1.82, 2.24) is 10.3 Å². The summed E-state index contributed by atoms with van der Waals surface area (Å²) in [5, 5.41) is 12.5. The molecule has 3 N–H and O–H groups in total. The Balaban J connectivity index is 1.88. The normalized spacial score (nSPS) is 11.8. The Morgan fingerprint density at radius 2 is 1.88 bits per heavy atom. The highest BCUT2D eigenvalue weighted by Crippen LogP contribution is 2.22. The summed E-state index contributed by atoms with van der Waals surface area (Å²) < 4.78 is 5.64. The summed E-state index contributed by atoms with van der Waals surface area (Å²) >= 11 is 0. The smallest absolute Gasteiger partial charge is 0.260 e. The fourth-order valence-electron chi connectivity index (χ4n) is 2.32. The molecule has 0 radical (unpaired) electrons. The van der Waals surface area contributed by atoms with E-state index in [1.54, 1.807) is 13.0 Å². The van der Waals surface area contributed by atoms with Gasteiger partial charge in [0.25, 0.3) is 11.5 Å². The van der Waals surface area contributed by atoms with Gasteiger partial charge in [-0.1, -0.05) is 18.2 Å². The molecule has 1 atom stereocenters. The van der Waals surface area contributed by atoms with Gasteiger partial charge in [0.2, 0.25) is 0 Å². The third kappa shape index (κ3) is 4.45. The molecule has 24 heavy (non-hydrogen) atoms. The molecule has 0 aliphatic rings. The first kappa shape index (κ1) is 17.7. The van der Waals surface area contributed by atoms with E-state index in [1.807, 2.05) is 32.0 Å². The first-order valence-electron chi connectivity index (χ1n) is 7.73. The van der Waals surface area contributed by atoms with Crippen LogP contribution in [0, 0.1) is 20.8 Å². The topological polar surface area (TPSA) is 91.4 Å². The summed E-state index contributed by atoms with van der Waals surface area (Å²) in [5.41, 5.74) is 2.21. The Morgan fingerprint density at radius 1 is 1.21 bits per heavy atom. The lowest BCUT2D eigenvalue weighted by molar-refractivity contribution is 0.0840. The zero-order valence-corrected chi connectivity index (χ0v) is 14.1. The van der Waals surface area contributed by atoms with Crippen LogP contribution in [0.3, 0.4) is 0 Å². The molecule has 0 saturated carbocycles. The van der Waals surface area contributed by atoms with Crippen molar-refractivity contribution in [3.05, 3.63) is 63.1 Å². The van der Waals surface area contributed by atoms with E-state index in [0.717, 1.165) is 16.9 Å². The Labute approximate surface area is 140 Å². The van der Waals surface area contributed by atoms with E-state index in [4.69, 9.17) is 4.74 Å². The number of hydrogen-bond donors (Lipinski definition) is 3. The van der Waals surface area contributed by atoms with E-state index in [9.17, 15) is 14.7 Å². The largest absolute Gasteiger partial charge is 0.490 e. The molecule has 2 aromatic rings. The van der Waals surface area contributed by atoms with Crippen molar-refractivity contribution in [2.45, 2.75) is 26.9 Å². The number of aliphatic hydroxyl groups excluding tert-OH is 1. The molecule has 0 aliphatic carbocycles.